The first-order chi connectivity index (χ1) is 9.66. The van der Waals surface area contributed by atoms with Gasteiger partial charge in [-0.1, -0.05) is 30.3 Å². The van der Waals surface area contributed by atoms with Gasteiger partial charge >= 0.3 is 0 Å². The number of H-pyrrole nitrogens is 1. The molecule has 0 fully saturated rings. The lowest BCUT2D eigenvalue weighted by molar-refractivity contribution is 0.595. The summed E-state index contributed by atoms with van der Waals surface area (Å²) in [4.78, 5) is 3.23. The number of para-hydroxylation sites is 1. The minimum atomic E-state index is -0.157. The van der Waals surface area contributed by atoms with Crippen LogP contribution in [-0.4, -0.2) is 9.55 Å². The third kappa shape index (κ3) is 2.27. The van der Waals surface area contributed by atoms with Gasteiger partial charge in [0.05, 0.1) is 11.0 Å². The number of hydrogen-bond donors (Lipinski definition) is 1. The van der Waals surface area contributed by atoms with Crippen LogP contribution in [0, 0.1) is 17.5 Å². The van der Waals surface area contributed by atoms with Gasteiger partial charge in [-0.05, 0) is 48.8 Å². The molecule has 0 saturated heterocycles. The van der Waals surface area contributed by atoms with Crippen molar-refractivity contribution in [2.24, 2.45) is 0 Å². The maximum atomic E-state index is 13.7. The Balaban J connectivity index is 1.96. The molecule has 1 aromatic heterocycles. The second kappa shape index (κ2) is 5.21. The highest BCUT2D eigenvalue weighted by Crippen LogP contribution is 2.18. The van der Waals surface area contributed by atoms with Crippen molar-refractivity contribution >= 4 is 23.3 Å². The van der Waals surface area contributed by atoms with Gasteiger partial charge in [0.1, 0.15) is 5.82 Å². The Kier molecular flexibility index (Phi) is 3.40. The lowest BCUT2D eigenvalue weighted by Gasteiger charge is -2.06. The summed E-state index contributed by atoms with van der Waals surface area (Å²) in [6.07, 6.45) is 0.627. The van der Waals surface area contributed by atoms with Crippen LogP contribution in [-0.2, 0) is 13.0 Å². The van der Waals surface area contributed by atoms with Crippen molar-refractivity contribution in [3.63, 3.8) is 0 Å². The maximum absolute atomic E-state index is 13.7. The second-order valence-corrected chi connectivity index (χ2v) is 5.28. The van der Waals surface area contributed by atoms with E-state index in [9.17, 15) is 4.39 Å². The van der Waals surface area contributed by atoms with Gasteiger partial charge in [0, 0.05) is 6.54 Å². The van der Waals surface area contributed by atoms with Crippen LogP contribution in [0.15, 0.2) is 42.5 Å². The number of aryl methyl sites for hydroxylation is 3. The molecule has 2 nitrogen and oxygen atoms in total. The molecule has 0 bridgehead atoms. The normalized spacial score (nSPS) is 11.1. The fraction of sp³-hybridized carbons (Fsp3) is 0.188. The van der Waals surface area contributed by atoms with Crippen molar-refractivity contribution in [1.29, 1.82) is 0 Å². The Morgan fingerprint density at radius 2 is 1.95 bits per heavy atom. The van der Waals surface area contributed by atoms with Crippen LogP contribution in [0.5, 0.6) is 0 Å². The van der Waals surface area contributed by atoms with Gasteiger partial charge in [-0.2, -0.15) is 0 Å². The van der Waals surface area contributed by atoms with Gasteiger partial charge in [0.2, 0.25) is 0 Å². The van der Waals surface area contributed by atoms with Crippen LogP contribution in [0.3, 0.4) is 0 Å². The molecule has 3 rings (SSSR count). The highest BCUT2D eigenvalue weighted by molar-refractivity contribution is 7.71. The Hall–Kier alpha value is -1.94. The van der Waals surface area contributed by atoms with Crippen LogP contribution in [0.25, 0.3) is 11.0 Å². The number of nitrogens with one attached hydrogen (secondary N) is 1. The van der Waals surface area contributed by atoms with E-state index in [-0.39, 0.29) is 5.82 Å². The number of fused-ring (bicyclic) bond motifs is 1. The summed E-state index contributed by atoms with van der Waals surface area (Å²) in [5.41, 5.74) is 4.02. The van der Waals surface area contributed by atoms with Gasteiger partial charge in [0.25, 0.3) is 0 Å². The molecule has 0 aliphatic rings. The van der Waals surface area contributed by atoms with E-state index in [1.165, 1.54) is 11.6 Å². The quantitative estimate of drug-likeness (QED) is 0.708. The predicted octanol–water partition coefficient (Wildman–Crippen LogP) is 4.39. The topological polar surface area (TPSA) is 20.7 Å². The molecule has 1 heterocycles. The molecule has 0 saturated carbocycles. The number of aromatic amines is 1. The first-order valence-corrected chi connectivity index (χ1v) is 6.99. The largest absolute Gasteiger partial charge is 0.330 e. The monoisotopic (exact) mass is 286 g/mol. The summed E-state index contributed by atoms with van der Waals surface area (Å²) >= 11 is 5.37. The summed E-state index contributed by atoms with van der Waals surface area (Å²) in [6, 6.07) is 13.0. The first-order valence-electron chi connectivity index (χ1n) is 6.58. The number of aromatic nitrogens is 2. The molecule has 0 atom stereocenters. The molecular weight excluding hydrogens is 271 g/mol. The lowest BCUT2D eigenvalue weighted by atomic mass is 10.1. The Bertz CT molecular complexity index is 817. The van der Waals surface area contributed by atoms with Gasteiger partial charge in [-0.15, -0.1) is 0 Å². The minimum absolute atomic E-state index is 0.157. The van der Waals surface area contributed by atoms with Gasteiger partial charge < -0.3 is 9.55 Å². The van der Waals surface area contributed by atoms with E-state index in [2.05, 4.69) is 18.0 Å². The van der Waals surface area contributed by atoms with E-state index in [1.807, 2.05) is 28.8 Å². The average Bonchev–Trinajstić information content (AvgIpc) is 2.76. The van der Waals surface area contributed by atoms with Crippen molar-refractivity contribution in [2.45, 2.75) is 19.9 Å². The molecule has 0 spiro atoms. The highest BCUT2D eigenvalue weighted by Gasteiger charge is 2.07. The van der Waals surface area contributed by atoms with Gasteiger partial charge in [-0.3, -0.25) is 0 Å². The second-order valence-electron chi connectivity index (χ2n) is 4.89. The van der Waals surface area contributed by atoms with E-state index in [0.717, 1.165) is 16.6 Å². The fourth-order valence-electron chi connectivity index (χ4n) is 2.48. The molecule has 2 aromatic carbocycles. The zero-order chi connectivity index (χ0) is 14.1. The van der Waals surface area contributed by atoms with E-state index >= 15 is 0 Å². The summed E-state index contributed by atoms with van der Waals surface area (Å²) in [7, 11) is 0. The number of hydrogen-bond acceptors (Lipinski definition) is 1. The van der Waals surface area contributed by atoms with Crippen LogP contribution in [0.2, 0.25) is 0 Å². The molecule has 102 valence electrons. The van der Waals surface area contributed by atoms with Crippen LogP contribution in [0.4, 0.5) is 4.39 Å². The third-order valence-corrected chi connectivity index (χ3v) is 3.90. The zero-order valence-electron chi connectivity index (χ0n) is 11.2. The van der Waals surface area contributed by atoms with Gasteiger partial charge in [-0.25, -0.2) is 4.39 Å². The van der Waals surface area contributed by atoms with Crippen molar-refractivity contribution in [3.05, 3.63) is 64.2 Å². The third-order valence-electron chi connectivity index (χ3n) is 3.58. The van der Waals surface area contributed by atoms with E-state index in [4.69, 9.17) is 12.2 Å². The van der Waals surface area contributed by atoms with Crippen LogP contribution < -0.4 is 0 Å². The molecule has 0 aliphatic carbocycles. The Morgan fingerprint density at radius 3 is 2.75 bits per heavy atom. The lowest BCUT2D eigenvalue weighted by Crippen LogP contribution is -2.02. The highest BCUT2D eigenvalue weighted by atomic mass is 32.1. The average molecular weight is 286 g/mol. The summed E-state index contributed by atoms with van der Waals surface area (Å²) in [5, 5.41) is 0. The van der Waals surface area contributed by atoms with E-state index in [1.54, 1.807) is 6.07 Å². The molecule has 0 aliphatic heterocycles. The van der Waals surface area contributed by atoms with Crippen molar-refractivity contribution in [2.75, 3.05) is 0 Å². The van der Waals surface area contributed by atoms with Crippen molar-refractivity contribution in [1.82, 2.24) is 9.55 Å². The smallest absolute Gasteiger partial charge is 0.178 e. The minimum Gasteiger partial charge on any atom is -0.330 e. The number of nitrogens with zero attached hydrogens (tertiary/aromatic N) is 1. The summed E-state index contributed by atoms with van der Waals surface area (Å²) in [5.74, 6) is -0.157. The molecular formula is C16H15FN2S. The van der Waals surface area contributed by atoms with E-state index < -0.39 is 0 Å². The van der Waals surface area contributed by atoms with Crippen LogP contribution in [0.1, 0.15) is 11.1 Å². The van der Waals surface area contributed by atoms with Crippen LogP contribution >= 0.6 is 12.2 Å². The first kappa shape index (κ1) is 13.1. The van der Waals surface area contributed by atoms with Crippen molar-refractivity contribution < 1.29 is 4.39 Å². The number of benzene rings is 2. The van der Waals surface area contributed by atoms with Gasteiger partial charge in [0.15, 0.2) is 4.77 Å². The van der Waals surface area contributed by atoms with E-state index in [0.29, 0.717) is 17.7 Å². The Morgan fingerprint density at radius 1 is 1.15 bits per heavy atom. The molecule has 1 N–H and O–H groups in total. The number of halogens is 1. The summed E-state index contributed by atoms with van der Waals surface area (Å²) < 4.78 is 16.4. The number of imidazole rings is 1. The van der Waals surface area contributed by atoms with Crippen molar-refractivity contribution in [3.8, 4) is 0 Å². The maximum Gasteiger partial charge on any atom is 0.178 e. The molecule has 0 amide bonds. The molecule has 0 unspecified atom stereocenters. The Labute approximate surface area is 121 Å². The zero-order valence-corrected chi connectivity index (χ0v) is 12.0. The standard InChI is InChI=1S/C16H15FN2S/c1-11-5-4-8-14-15(11)18-16(20)19(14)10-9-12-6-2-3-7-13(12)17/h2-8H,9-10H2,1H3,(H,18,20). The molecule has 20 heavy (non-hydrogen) atoms. The molecule has 0 radical (unpaired) electrons. The predicted molar refractivity (Wildman–Crippen MR) is 82.0 cm³/mol. The SMILES string of the molecule is Cc1cccc2c1[nH]c(=S)n2CCc1ccccc1F. The fourth-order valence-corrected chi connectivity index (χ4v) is 2.77. The summed E-state index contributed by atoms with van der Waals surface area (Å²) in [6.45, 7) is 2.72. The molecule has 3 aromatic rings. The number of rotatable bonds is 3. The molecule has 4 heteroatoms.